The van der Waals surface area contributed by atoms with Gasteiger partial charge in [-0.25, -0.2) is 0 Å². The molecule has 0 aromatic heterocycles. The molecule has 0 bridgehead atoms. The zero-order valence-electron chi connectivity index (χ0n) is 11.3. The van der Waals surface area contributed by atoms with Gasteiger partial charge in [-0.15, -0.1) is 0 Å². The van der Waals surface area contributed by atoms with E-state index in [2.05, 4.69) is 48.2 Å². The van der Waals surface area contributed by atoms with E-state index in [1.807, 2.05) is 12.1 Å². The molecule has 2 heteroatoms. The van der Waals surface area contributed by atoms with Crippen molar-refractivity contribution < 1.29 is 0 Å². The number of hydrogen-bond acceptors (Lipinski definition) is 2. The summed E-state index contributed by atoms with van der Waals surface area (Å²) in [5.74, 6) is 0. The number of hydrogen-bond donors (Lipinski definition) is 1. The zero-order valence-corrected chi connectivity index (χ0v) is 11.3. The van der Waals surface area contributed by atoms with Crippen molar-refractivity contribution in [2.75, 3.05) is 17.2 Å². The molecule has 2 aromatic carbocycles. The second-order valence-corrected chi connectivity index (χ2v) is 5.37. The minimum atomic E-state index is 0.596. The molecule has 0 aliphatic carbocycles. The molecule has 0 spiro atoms. The first-order valence-electron chi connectivity index (χ1n) is 6.93. The molecule has 19 heavy (non-hydrogen) atoms. The first-order chi connectivity index (χ1) is 9.24. The molecule has 2 N–H and O–H groups in total. The first kappa shape index (κ1) is 12.1. The quantitative estimate of drug-likeness (QED) is 0.850. The molecule has 1 aliphatic rings. The molecular formula is C17H20N2. The smallest absolute Gasteiger partial charge is 0.0402 e. The summed E-state index contributed by atoms with van der Waals surface area (Å²) in [6.07, 6.45) is 2.21. The van der Waals surface area contributed by atoms with Crippen molar-refractivity contribution in [1.29, 1.82) is 0 Å². The average molecular weight is 252 g/mol. The van der Waals surface area contributed by atoms with E-state index in [4.69, 9.17) is 5.73 Å². The monoisotopic (exact) mass is 252 g/mol. The van der Waals surface area contributed by atoms with Crippen LogP contribution in [-0.4, -0.2) is 12.6 Å². The lowest BCUT2D eigenvalue weighted by atomic mass is 10.1. The van der Waals surface area contributed by atoms with Crippen LogP contribution in [0.4, 0.5) is 11.4 Å². The molecular weight excluding hydrogens is 232 g/mol. The molecule has 0 saturated carbocycles. The van der Waals surface area contributed by atoms with Crippen molar-refractivity contribution >= 4 is 11.4 Å². The van der Waals surface area contributed by atoms with E-state index in [0.717, 1.165) is 25.1 Å². The number of nitrogens with zero attached hydrogens (tertiary/aromatic N) is 1. The number of nitrogens with two attached hydrogens (primary N) is 1. The van der Waals surface area contributed by atoms with Crippen LogP contribution in [0, 0.1) is 0 Å². The molecule has 98 valence electrons. The van der Waals surface area contributed by atoms with Crippen LogP contribution < -0.4 is 10.6 Å². The second-order valence-electron chi connectivity index (χ2n) is 5.37. The average Bonchev–Trinajstić information content (AvgIpc) is 2.72. The minimum absolute atomic E-state index is 0.596. The molecule has 1 heterocycles. The van der Waals surface area contributed by atoms with Crippen LogP contribution >= 0.6 is 0 Å². The summed E-state index contributed by atoms with van der Waals surface area (Å²) in [5, 5.41) is 0. The van der Waals surface area contributed by atoms with Gasteiger partial charge in [0, 0.05) is 24.0 Å². The lowest BCUT2D eigenvalue weighted by Gasteiger charge is -2.25. The zero-order chi connectivity index (χ0) is 13.2. The normalized spacial score (nSPS) is 17.5. The number of fused-ring (bicyclic) bond motifs is 1. The SMILES string of the molecule is CC1Cc2ccccc2N1CCc1cccc(N)c1. The highest BCUT2D eigenvalue weighted by Crippen LogP contribution is 2.31. The Morgan fingerprint density at radius 2 is 2.00 bits per heavy atom. The van der Waals surface area contributed by atoms with Gasteiger partial charge in [0.25, 0.3) is 0 Å². The molecule has 3 rings (SSSR count). The summed E-state index contributed by atoms with van der Waals surface area (Å²) in [5.41, 5.74) is 10.9. The van der Waals surface area contributed by atoms with E-state index < -0.39 is 0 Å². The van der Waals surface area contributed by atoms with Crippen LogP contribution in [0.2, 0.25) is 0 Å². The highest BCUT2D eigenvalue weighted by atomic mass is 15.2. The van der Waals surface area contributed by atoms with Crippen molar-refractivity contribution in [3.8, 4) is 0 Å². The van der Waals surface area contributed by atoms with Crippen LogP contribution in [0.25, 0.3) is 0 Å². The van der Waals surface area contributed by atoms with Crippen molar-refractivity contribution in [2.45, 2.75) is 25.8 Å². The Hall–Kier alpha value is -1.96. The van der Waals surface area contributed by atoms with Crippen molar-refractivity contribution in [2.24, 2.45) is 0 Å². The van der Waals surface area contributed by atoms with Crippen LogP contribution in [0.1, 0.15) is 18.1 Å². The van der Waals surface area contributed by atoms with E-state index in [0.29, 0.717) is 6.04 Å². The molecule has 1 unspecified atom stereocenters. The van der Waals surface area contributed by atoms with E-state index in [1.165, 1.54) is 16.8 Å². The maximum absolute atomic E-state index is 5.83. The van der Waals surface area contributed by atoms with Gasteiger partial charge in [0.1, 0.15) is 0 Å². The lowest BCUT2D eigenvalue weighted by molar-refractivity contribution is 0.670. The minimum Gasteiger partial charge on any atom is -0.399 e. The van der Waals surface area contributed by atoms with Crippen LogP contribution in [-0.2, 0) is 12.8 Å². The fraction of sp³-hybridized carbons (Fsp3) is 0.294. The third kappa shape index (κ3) is 2.43. The van der Waals surface area contributed by atoms with Crippen molar-refractivity contribution in [1.82, 2.24) is 0 Å². The highest BCUT2D eigenvalue weighted by molar-refractivity contribution is 5.59. The van der Waals surface area contributed by atoms with Gasteiger partial charge in [-0.1, -0.05) is 30.3 Å². The van der Waals surface area contributed by atoms with Gasteiger partial charge in [0.05, 0.1) is 0 Å². The van der Waals surface area contributed by atoms with Crippen LogP contribution in [0.5, 0.6) is 0 Å². The third-order valence-corrected chi connectivity index (χ3v) is 3.94. The molecule has 0 amide bonds. The topological polar surface area (TPSA) is 29.3 Å². The lowest BCUT2D eigenvalue weighted by Crippen LogP contribution is -2.31. The first-order valence-corrected chi connectivity index (χ1v) is 6.93. The van der Waals surface area contributed by atoms with Crippen LogP contribution in [0.3, 0.4) is 0 Å². The third-order valence-electron chi connectivity index (χ3n) is 3.94. The Labute approximate surface area is 114 Å². The van der Waals surface area contributed by atoms with Gasteiger partial charge in [0.2, 0.25) is 0 Å². The number of anilines is 2. The maximum atomic E-state index is 5.83. The Morgan fingerprint density at radius 3 is 2.84 bits per heavy atom. The van der Waals surface area contributed by atoms with Gasteiger partial charge in [-0.05, 0) is 49.1 Å². The number of benzene rings is 2. The molecule has 2 aromatic rings. The summed E-state index contributed by atoms with van der Waals surface area (Å²) in [6.45, 7) is 3.36. The second kappa shape index (κ2) is 4.96. The Morgan fingerprint density at radius 1 is 1.16 bits per heavy atom. The highest BCUT2D eigenvalue weighted by Gasteiger charge is 2.24. The van der Waals surface area contributed by atoms with Crippen molar-refractivity contribution in [3.63, 3.8) is 0 Å². The van der Waals surface area contributed by atoms with Gasteiger partial charge in [-0.3, -0.25) is 0 Å². The Bertz CT molecular complexity index is 577. The predicted octanol–water partition coefficient (Wildman–Crippen LogP) is 3.26. The molecule has 1 atom stereocenters. The van der Waals surface area contributed by atoms with E-state index in [-0.39, 0.29) is 0 Å². The van der Waals surface area contributed by atoms with Crippen LogP contribution in [0.15, 0.2) is 48.5 Å². The largest absolute Gasteiger partial charge is 0.399 e. The van der Waals surface area contributed by atoms with E-state index in [9.17, 15) is 0 Å². The summed E-state index contributed by atoms with van der Waals surface area (Å²) in [7, 11) is 0. The summed E-state index contributed by atoms with van der Waals surface area (Å²) in [6, 6.07) is 17.5. The van der Waals surface area contributed by atoms with Gasteiger partial charge in [-0.2, -0.15) is 0 Å². The number of rotatable bonds is 3. The predicted molar refractivity (Wildman–Crippen MR) is 81.5 cm³/mol. The number of nitrogen functional groups attached to an aromatic ring is 1. The summed E-state index contributed by atoms with van der Waals surface area (Å²) < 4.78 is 0. The fourth-order valence-electron chi connectivity index (χ4n) is 2.97. The summed E-state index contributed by atoms with van der Waals surface area (Å²) >= 11 is 0. The Kier molecular flexibility index (Phi) is 3.16. The van der Waals surface area contributed by atoms with E-state index >= 15 is 0 Å². The maximum Gasteiger partial charge on any atom is 0.0402 e. The molecule has 0 saturated heterocycles. The molecule has 1 aliphatic heterocycles. The van der Waals surface area contributed by atoms with E-state index in [1.54, 1.807) is 0 Å². The van der Waals surface area contributed by atoms with Gasteiger partial charge < -0.3 is 10.6 Å². The fourth-order valence-corrected chi connectivity index (χ4v) is 2.97. The molecule has 2 nitrogen and oxygen atoms in total. The van der Waals surface area contributed by atoms with Gasteiger partial charge in [0.15, 0.2) is 0 Å². The number of para-hydroxylation sites is 1. The van der Waals surface area contributed by atoms with Gasteiger partial charge >= 0.3 is 0 Å². The standard InChI is InChI=1S/C17H20N2/c1-13-11-15-6-2-3-8-17(15)19(13)10-9-14-5-4-7-16(18)12-14/h2-8,12-13H,9-11,18H2,1H3. The van der Waals surface area contributed by atoms with Crippen molar-refractivity contribution in [3.05, 3.63) is 59.7 Å². The summed E-state index contributed by atoms with van der Waals surface area (Å²) in [4.78, 5) is 2.51. The Balaban J connectivity index is 1.74. The molecule has 0 radical (unpaired) electrons. The molecule has 0 fully saturated rings.